The Hall–Kier alpha value is 0.140. The van der Waals surface area contributed by atoms with Gasteiger partial charge in [0.25, 0.3) is 0 Å². The minimum Gasteiger partial charge on any atom is -0.310 e. The van der Waals surface area contributed by atoms with E-state index in [0.29, 0.717) is 6.04 Å². The van der Waals surface area contributed by atoms with E-state index in [9.17, 15) is 0 Å². The molecule has 19 heavy (non-hydrogen) atoms. The number of hydrogen-bond acceptors (Lipinski definition) is 1. The lowest BCUT2D eigenvalue weighted by molar-refractivity contribution is 0.424. The van der Waals surface area contributed by atoms with E-state index in [2.05, 4.69) is 63.2 Å². The first-order valence-corrected chi connectivity index (χ1v) is 8.91. The van der Waals surface area contributed by atoms with Crippen molar-refractivity contribution in [3.05, 3.63) is 32.2 Å². The third-order valence-corrected chi connectivity index (χ3v) is 6.44. The van der Waals surface area contributed by atoms with Gasteiger partial charge in [0.05, 0.1) is 0 Å². The van der Waals surface area contributed by atoms with E-state index in [4.69, 9.17) is 0 Å². The van der Waals surface area contributed by atoms with Crippen LogP contribution in [0.15, 0.2) is 21.1 Å². The summed E-state index contributed by atoms with van der Waals surface area (Å²) in [5.41, 5.74) is 2.72. The molecule has 104 valence electrons. The van der Waals surface area contributed by atoms with E-state index in [1.807, 2.05) is 0 Å². The van der Waals surface area contributed by atoms with Gasteiger partial charge in [-0.1, -0.05) is 45.2 Å². The molecule has 3 heteroatoms. The van der Waals surface area contributed by atoms with E-state index in [0.717, 1.165) is 24.3 Å². The van der Waals surface area contributed by atoms with Crippen molar-refractivity contribution in [1.82, 2.24) is 5.32 Å². The van der Waals surface area contributed by atoms with Crippen LogP contribution in [0.5, 0.6) is 0 Å². The molecule has 0 aromatic heterocycles. The molecule has 2 saturated carbocycles. The van der Waals surface area contributed by atoms with E-state index in [1.54, 1.807) is 0 Å². The molecule has 2 aliphatic rings. The summed E-state index contributed by atoms with van der Waals surface area (Å²) in [5.74, 6) is 2.83. The van der Waals surface area contributed by atoms with Gasteiger partial charge in [0.2, 0.25) is 0 Å². The molecule has 2 fully saturated rings. The summed E-state index contributed by atoms with van der Waals surface area (Å²) in [6, 6.07) is 5.06. The van der Waals surface area contributed by atoms with Crippen LogP contribution >= 0.6 is 31.9 Å². The van der Waals surface area contributed by atoms with Gasteiger partial charge in [0.15, 0.2) is 0 Å². The second-order valence-electron chi connectivity index (χ2n) is 5.99. The van der Waals surface area contributed by atoms with Gasteiger partial charge in [-0.05, 0) is 67.3 Å². The fourth-order valence-electron chi connectivity index (χ4n) is 3.94. The van der Waals surface area contributed by atoms with Crippen molar-refractivity contribution in [2.75, 3.05) is 6.54 Å². The molecule has 3 unspecified atom stereocenters. The minimum absolute atomic E-state index is 0.520. The smallest absolute Gasteiger partial charge is 0.0365 e. The van der Waals surface area contributed by atoms with Crippen molar-refractivity contribution in [3.63, 3.8) is 0 Å². The Bertz CT molecular complexity index is 476. The number of fused-ring (bicyclic) bond motifs is 1. The van der Waals surface area contributed by atoms with Crippen LogP contribution in [-0.2, 0) is 0 Å². The van der Waals surface area contributed by atoms with Gasteiger partial charge in [-0.25, -0.2) is 0 Å². The first-order valence-electron chi connectivity index (χ1n) is 7.32. The van der Waals surface area contributed by atoms with Crippen LogP contribution in [0.25, 0.3) is 0 Å². The van der Waals surface area contributed by atoms with E-state index in [1.165, 1.54) is 39.3 Å². The van der Waals surface area contributed by atoms with E-state index < -0.39 is 0 Å². The van der Waals surface area contributed by atoms with Gasteiger partial charge in [-0.15, -0.1) is 0 Å². The third kappa shape index (κ3) is 2.54. The molecule has 3 rings (SSSR count). The molecular formula is C16H21Br2N. The summed E-state index contributed by atoms with van der Waals surface area (Å²) >= 11 is 7.45. The largest absolute Gasteiger partial charge is 0.310 e. The maximum absolute atomic E-state index is 3.77. The van der Waals surface area contributed by atoms with Crippen LogP contribution in [0.3, 0.4) is 0 Å². The molecule has 0 radical (unpaired) electrons. The lowest BCUT2D eigenvalue weighted by Crippen LogP contribution is -2.25. The van der Waals surface area contributed by atoms with Crippen LogP contribution < -0.4 is 5.32 Å². The zero-order valence-electron chi connectivity index (χ0n) is 11.5. The number of benzene rings is 1. The Balaban J connectivity index is 1.90. The summed E-state index contributed by atoms with van der Waals surface area (Å²) < 4.78 is 2.48. The van der Waals surface area contributed by atoms with Crippen LogP contribution in [0.4, 0.5) is 0 Å². The van der Waals surface area contributed by atoms with Gasteiger partial charge in [-0.3, -0.25) is 0 Å². The molecule has 0 heterocycles. The Morgan fingerprint density at radius 2 is 1.89 bits per heavy atom. The highest BCUT2D eigenvalue weighted by Crippen LogP contribution is 2.62. The van der Waals surface area contributed by atoms with Gasteiger partial charge >= 0.3 is 0 Å². The molecule has 0 aliphatic heterocycles. The quantitative estimate of drug-likeness (QED) is 0.748. The molecule has 0 amide bonds. The van der Waals surface area contributed by atoms with Crippen molar-refractivity contribution in [1.29, 1.82) is 0 Å². The molecular weight excluding hydrogens is 366 g/mol. The summed E-state index contributed by atoms with van der Waals surface area (Å²) in [5, 5.41) is 3.73. The second-order valence-corrected chi connectivity index (χ2v) is 7.70. The maximum atomic E-state index is 3.77. The van der Waals surface area contributed by atoms with Crippen molar-refractivity contribution in [3.8, 4) is 0 Å². The number of aryl methyl sites for hydroxylation is 1. The average Bonchev–Trinajstić information content (AvgIpc) is 2.82. The second kappa shape index (κ2) is 5.50. The van der Waals surface area contributed by atoms with Crippen molar-refractivity contribution in [2.45, 2.75) is 39.2 Å². The van der Waals surface area contributed by atoms with Crippen molar-refractivity contribution >= 4 is 31.9 Å². The average molecular weight is 387 g/mol. The monoisotopic (exact) mass is 385 g/mol. The molecule has 0 spiro atoms. The van der Waals surface area contributed by atoms with Crippen LogP contribution in [0.2, 0.25) is 0 Å². The summed E-state index contributed by atoms with van der Waals surface area (Å²) in [4.78, 5) is 0. The van der Waals surface area contributed by atoms with E-state index >= 15 is 0 Å². The number of hydrogen-bond donors (Lipinski definition) is 1. The summed E-state index contributed by atoms with van der Waals surface area (Å²) in [6.45, 7) is 5.40. The number of nitrogens with one attached hydrogen (secondary N) is 1. The lowest BCUT2D eigenvalue weighted by Gasteiger charge is -2.22. The summed E-state index contributed by atoms with van der Waals surface area (Å²) in [7, 11) is 0. The van der Waals surface area contributed by atoms with E-state index in [-0.39, 0.29) is 0 Å². The lowest BCUT2D eigenvalue weighted by atomic mass is 9.96. The third-order valence-electron chi connectivity index (χ3n) is 4.89. The molecule has 0 saturated heterocycles. The Morgan fingerprint density at radius 3 is 2.53 bits per heavy atom. The van der Waals surface area contributed by atoms with Gasteiger partial charge in [0, 0.05) is 15.0 Å². The predicted molar refractivity (Wildman–Crippen MR) is 87.3 cm³/mol. The number of rotatable bonds is 4. The maximum Gasteiger partial charge on any atom is 0.0365 e. The molecule has 1 aromatic carbocycles. The summed E-state index contributed by atoms with van der Waals surface area (Å²) in [6.07, 6.45) is 4.34. The molecule has 3 atom stereocenters. The minimum atomic E-state index is 0.520. The predicted octanol–water partition coefficient (Wildman–Crippen LogP) is 5.22. The number of halogens is 2. The fraction of sp³-hybridized carbons (Fsp3) is 0.625. The van der Waals surface area contributed by atoms with Gasteiger partial charge in [-0.2, -0.15) is 0 Å². The highest BCUT2D eigenvalue weighted by molar-refractivity contribution is 9.11. The molecule has 2 aliphatic carbocycles. The van der Waals surface area contributed by atoms with Crippen LogP contribution in [0.1, 0.15) is 43.4 Å². The van der Waals surface area contributed by atoms with Gasteiger partial charge < -0.3 is 5.32 Å². The highest BCUT2D eigenvalue weighted by Gasteiger charge is 2.56. The molecule has 1 N–H and O–H groups in total. The highest BCUT2D eigenvalue weighted by atomic mass is 79.9. The van der Waals surface area contributed by atoms with Crippen molar-refractivity contribution in [2.24, 2.45) is 17.8 Å². The Labute approximate surface area is 132 Å². The Morgan fingerprint density at radius 1 is 1.21 bits per heavy atom. The molecule has 1 nitrogen and oxygen atoms in total. The Kier molecular flexibility index (Phi) is 4.08. The van der Waals surface area contributed by atoms with Gasteiger partial charge in [0.1, 0.15) is 0 Å². The first kappa shape index (κ1) is 14.1. The zero-order chi connectivity index (χ0) is 13.6. The fourth-order valence-corrected chi connectivity index (χ4v) is 5.01. The van der Waals surface area contributed by atoms with Crippen molar-refractivity contribution < 1.29 is 0 Å². The SMILES string of the molecule is CCNC(c1cc(Br)c(C)cc1Br)C1C2CCCC21. The zero-order valence-corrected chi connectivity index (χ0v) is 14.7. The van der Waals surface area contributed by atoms with Crippen LogP contribution in [-0.4, -0.2) is 6.54 Å². The molecule has 1 aromatic rings. The topological polar surface area (TPSA) is 12.0 Å². The first-order chi connectivity index (χ1) is 9.13. The standard InChI is InChI=1S/C16H21Br2N/c1-3-19-16(15-10-5-4-6-11(10)15)12-8-13(17)9(2)7-14(12)18/h7-8,10-11,15-16,19H,3-6H2,1-2H3. The normalized spacial score (nSPS) is 30.2. The van der Waals surface area contributed by atoms with Crippen LogP contribution in [0, 0.1) is 24.7 Å². The molecule has 0 bridgehead atoms.